The van der Waals surface area contributed by atoms with Crippen LogP contribution in [-0.2, 0) is 9.53 Å². The molecule has 0 N–H and O–H groups in total. The Labute approximate surface area is 113 Å². The Balaban J connectivity index is 1.96. The topological polar surface area (TPSA) is 29.5 Å². The number of carbonyl (C=O) groups is 1. The molecule has 1 aliphatic heterocycles. The van der Waals surface area contributed by atoms with Gasteiger partial charge in [-0.05, 0) is 18.1 Å². The smallest absolute Gasteiger partial charge is 0.224 e. The minimum Gasteiger partial charge on any atom is -0.384 e. The molecule has 0 radical (unpaired) electrons. The SMILES string of the molecule is COCCC(=O)N1CCC(c2ccccc2Cl)C1. The Hall–Kier alpha value is -1.06. The number of hydrogen-bond donors (Lipinski definition) is 0. The van der Waals surface area contributed by atoms with E-state index < -0.39 is 0 Å². The van der Waals surface area contributed by atoms with Crippen LogP contribution >= 0.6 is 11.6 Å². The van der Waals surface area contributed by atoms with Gasteiger partial charge in [0.2, 0.25) is 5.91 Å². The standard InChI is InChI=1S/C14H18ClNO2/c1-18-9-7-14(17)16-8-6-11(10-16)12-4-2-3-5-13(12)15/h2-5,11H,6-10H2,1H3. The highest BCUT2D eigenvalue weighted by Gasteiger charge is 2.27. The van der Waals surface area contributed by atoms with Crippen molar-refractivity contribution >= 4 is 17.5 Å². The second-order valence-electron chi connectivity index (χ2n) is 4.59. The zero-order valence-electron chi connectivity index (χ0n) is 10.6. The molecular weight excluding hydrogens is 250 g/mol. The van der Waals surface area contributed by atoms with Crippen molar-refractivity contribution in [1.82, 2.24) is 4.90 Å². The van der Waals surface area contributed by atoms with Crippen LogP contribution in [-0.4, -0.2) is 37.6 Å². The molecule has 0 spiro atoms. The predicted octanol–water partition coefficient (Wildman–Crippen LogP) is 2.69. The first-order valence-electron chi connectivity index (χ1n) is 6.23. The molecule has 0 bridgehead atoms. The molecule has 1 heterocycles. The zero-order valence-corrected chi connectivity index (χ0v) is 11.3. The summed E-state index contributed by atoms with van der Waals surface area (Å²) >= 11 is 6.19. The van der Waals surface area contributed by atoms with Gasteiger partial charge in [0.1, 0.15) is 0 Å². The molecular formula is C14H18ClNO2. The second kappa shape index (κ2) is 6.21. The fraction of sp³-hybridized carbons (Fsp3) is 0.500. The normalized spacial score (nSPS) is 19.2. The highest BCUT2D eigenvalue weighted by Crippen LogP contribution is 2.31. The average Bonchev–Trinajstić information content (AvgIpc) is 2.86. The fourth-order valence-electron chi connectivity index (χ4n) is 2.39. The summed E-state index contributed by atoms with van der Waals surface area (Å²) in [5, 5.41) is 0.800. The first-order chi connectivity index (χ1) is 8.72. The highest BCUT2D eigenvalue weighted by molar-refractivity contribution is 6.31. The first kappa shape index (κ1) is 13.4. The van der Waals surface area contributed by atoms with Crippen LogP contribution < -0.4 is 0 Å². The molecule has 1 aromatic rings. The lowest BCUT2D eigenvalue weighted by Crippen LogP contribution is -2.29. The molecule has 2 rings (SSSR count). The van der Waals surface area contributed by atoms with Gasteiger partial charge in [0.15, 0.2) is 0 Å². The van der Waals surface area contributed by atoms with Crippen molar-refractivity contribution in [1.29, 1.82) is 0 Å². The Morgan fingerprint density at radius 3 is 3.00 bits per heavy atom. The number of nitrogens with zero attached hydrogens (tertiary/aromatic N) is 1. The molecule has 0 aliphatic carbocycles. The van der Waals surface area contributed by atoms with Crippen LogP contribution in [0.3, 0.4) is 0 Å². The first-order valence-corrected chi connectivity index (χ1v) is 6.61. The zero-order chi connectivity index (χ0) is 13.0. The summed E-state index contributed by atoms with van der Waals surface area (Å²) < 4.78 is 4.93. The van der Waals surface area contributed by atoms with Gasteiger partial charge in [-0.2, -0.15) is 0 Å². The van der Waals surface area contributed by atoms with Gasteiger partial charge in [-0.1, -0.05) is 29.8 Å². The van der Waals surface area contributed by atoms with Crippen molar-refractivity contribution in [3.8, 4) is 0 Å². The van der Waals surface area contributed by atoms with E-state index in [1.807, 2.05) is 23.1 Å². The van der Waals surface area contributed by atoms with Crippen LogP contribution in [0.15, 0.2) is 24.3 Å². The third-order valence-electron chi connectivity index (χ3n) is 3.41. The molecule has 1 aliphatic rings. The van der Waals surface area contributed by atoms with E-state index in [0.717, 1.165) is 30.1 Å². The van der Waals surface area contributed by atoms with Crippen LogP contribution in [0, 0.1) is 0 Å². The Bertz CT molecular complexity index is 422. The van der Waals surface area contributed by atoms with Gasteiger partial charge < -0.3 is 9.64 Å². The highest BCUT2D eigenvalue weighted by atomic mass is 35.5. The molecule has 1 aromatic carbocycles. The van der Waals surface area contributed by atoms with E-state index in [1.165, 1.54) is 0 Å². The van der Waals surface area contributed by atoms with Crippen LogP contribution in [0.2, 0.25) is 5.02 Å². The molecule has 98 valence electrons. The number of rotatable bonds is 4. The van der Waals surface area contributed by atoms with Gasteiger partial charge in [0.25, 0.3) is 0 Å². The van der Waals surface area contributed by atoms with E-state index in [9.17, 15) is 4.79 Å². The summed E-state index contributed by atoms with van der Waals surface area (Å²) in [6.45, 7) is 2.08. The van der Waals surface area contributed by atoms with Crippen molar-refractivity contribution in [3.05, 3.63) is 34.9 Å². The van der Waals surface area contributed by atoms with Gasteiger partial charge in [-0.25, -0.2) is 0 Å². The summed E-state index contributed by atoms with van der Waals surface area (Å²) in [6.07, 6.45) is 1.45. The molecule has 0 saturated carbocycles. The lowest BCUT2D eigenvalue weighted by atomic mass is 9.98. The number of methoxy groups -OCH3 is 1. The third-order valence-corrected chi connectivity index (χ3v) is 3.75. The van der Waals surface area contributed by atoms with E-state index in [4.69, 9.17) is 16.3 Å². The van der Waals surface area contributed by atoms with Crippen molar-refractivity contribution in [2.45, 2.75) is 18.8 Å². The molecule has 1 fully saturated rings. The molecule has 4 heteroatoms. The minimum atomic E-state index is 0.173. The number of benzene rings is 1. The summed E-state index contributed by atoms with van der Waals surface area (Å²) in [7, 11) is 1.61. The fourth-order valence-corrected chi connectivity index (χ4v) is 2.68. The molecule has 18 heavy (non-hydrogen) atoms. The number of likely N-dealkylation sites (tertiary alicyclic amines) is 1. The number of carbonyl (C=O) groups excluding carboxylic acids is 1. The van der Waals surface area contributed by atoms with Crippen LogP contribution in [0.5, 0.6) is 0 Å². The number of halogens is 1. The lowest BCUT2D eigenvalue weighted by Gasteiger charge is -2.17. The number of amides is 1. The Morgan fingerprint density at radius 1 is 1.50 bits per heavy atom. The Kier molecular flexibility index (Phi) is 4.61. The maximum absolute atomic E-state index is 11.9. The van der Waals surface area contributed by atoms with Gasteiger partial charge in [0.05, 0.1) is 13.0 Å². The van der Waals surface area contributed by atoms with E-state index in [0.29, 0.717) is 18.9 Å². The molecule has 1 atom stereocenters. The van der Waals surface area contributed by atoms with E-state index >= 15 is 0 Å². The molecule has 1 amide bonds. The van der Waals surface area contributed by atoms with Gasteiger partial charge in [0, 0.05) is 31.1 Å². The van der Waals surface area contributed by atoms with E-state index in [-0.39, 0.29) is 5.91 Å². The van der Waals surface area contributed by atoms with Gasteiger partial charge in [-0.15, -0.1) is 0 Å². The predicted molar refractivity (Wildman–Crippen MR) is 71.9 cm³/mol. The van der Waals surface area contributed by atoms with Crippen molar-refractivity contribution in [3.63, 3.8) is 0 Å². The molecule has 0 aromatic heterocycles. The van der Waals surface area contributed by atoms with Gasteiger partial charge in [-0.3, -0.25) is 4.79 Å². The number of ether oxygens (including phenoxy) is 1. The summed E-state index contributed by atoms with van der Waals surface area (Å²) in [6, 6.07) is 7.89. The Morgan fingerprint density at radius 2 is 2.28 bits per heavy atom. The third kappa shape index (κ3) is 3.03. The van der Waals surface area contributed by atoms with E-state index in [1.54, 1.807) is 7.11 Å². The van der Waals surface area contributed by atoms with E-state index in [2.05, 4.69) is 6.07 Å². The largest absolute Gasteiger partial charge is 0.384 e. The lowest BCUT2D eigenvalue weighted by molar-refractivity contribution is -0.131. The monoisotopic (exact) mass is 267 g/mol. The maximum atomic E-state index is 11.9. The second-order valence-corrected chi connectivity index (χ2v) is 5.00. The quantitative estimate of drug-likeness (QED) is 0.839. The van der Waals surface area contributed by atoms with Gasteiger partial charge >= 0.3 is 0 Å². The van der Waals surface area contributed by atoms with Crippen LogP contribution in [0.25, 0.3) is 0 Å². The number of hydrogen-bond acceptors (Lipinski definition) is 2. The van der Waals surface area contributed by atoms with Crippen molar-refractivity contribution < 1.29 is 9.53 Å². The summed E-state index contributed by atoms with van der Waals surface area (Å²) in [5.74, 6) is 0.539. The molecule has 1 unspecified atom stereocenters. The molecule has 3 nitrogen and oxygen atoms in total. The summed E-state index contributed by atoms with van der Waals surface area (Å²) in [4.78, 5) is 13.8. The molecule has 1 saturated heterocycles. The minimum absolute atomic E-state index is 0.173. The maximum Gasteiger partial charge on any atom is 0.224 e. The average molecular weight is 268 g/mol. The summed E-state index contributed by atoms with van der Waals surface area (Å²) in [5.41, 5.74) is 1.15. The van der Waals surface area contributed by atoms with Crippen LogP contribution in [0.1, 0.15) is 24.3 Å². The van der Waals surface area contributed by atoms with Crippen molar-refractivity contribution in [2.24, 2.45) is 0 Å². The van der Waals surface area contributed by atoms with Crippen molar-refractivity contribution in [2.75, 3.05) is 26.8 Å². The van der Waals surface area contributed by atoms with Crippen LogP contribution in [0.4, 0.5) is 0 Å².